The molecular weight excluding hydrogens is 606 g/mol. The molecule has 0 aliphatic rings. The van der Waals surface area contributed by atoms with Crippen LogP contribution in [0.2, 0.25) is 0 Å². The number of carbonyl (C=O) groups excluding carboxylic acids is 2. The molecule has 6 aromatic rings. The molecule has 0 radical (unpaired) electrons. The lowest BCUT2D eigenvalue weighted by Crippen LogP contribution is -2.44. The number of alkyl carbamates (subject to hydrolysis) is 1. The van der Waals surface area contributed by atoms with E-state index in [-0.39, 0.29) is 5.82 Å². The van der Waals surface area contributed by atoms with Crippen LogP contribution in [0, 0.1) is 13.8 Å². The van der Waals surface area contributed by atoms with Crippen molar-refractivity contribution in [3.63, 3.8) is 0 Å². The number of rotatable bonds is 5. The first-order chi connectivity index (χ1) is 22.7. The van der Waals surface area contributed by atoms with Crippen molar-refractivity contribution < 1.29 is 14.3 Å². The highest BCUT2D eigenvalue weighted by atomic mass is 16.6. The number of pyridine rings is 2. The fourth-order valence-corrected chi connectivity index (χ4v) is 5.40. The number of nitrogen functional groups attached to an aromatic ring is 3. The molecule has 248 valence electrons. The van der Waals surface area contributed by atoms with Gasteiger partial charge in [-0.3, -0.25) is 4.79 Å². The number of nitrogens with one attached hydrogen (secondary N) is 2. The largest absolute Gasteiger partial charge is 0.444 e. The van der Waals surface area contributed by atoms with Gasteiger partial charge in [-0.25, -0.2) is 14.8 Å². The number of aryl methyl sites for hydroxylation is 2. The van der Waals surface area contributed by atoms with Gasteiger partial charge in [0.2, 0.25) is 5.91 Å². The second kappa shape index (κ2) is 13.4. The van der Waals surface area contributed by atoms with Gasteiger partial charge in [0.15, 0.2) is 0 Å². The van der Waals surface area contributed by atoms with Gasteiger partial charge in [-0.15, -0.1) is 0 Å². The Hall–Kier alpha value is -6.04. The number of fused-ring (bicyclic) bond motifs is 2. The Morgan fingerprint density at radius 2 is 1.23 bits per heavy atom. The first-order valence-electron chi connectivity index (χ1n) is 15.4. The quantitative estimate of drug-likeness (QED) is 0.145. The number of aromatic nitrogens is 4. The number of ether oxygens (including phenoxy) is 1. The summed E-state index contributed by atoms with van der Waals surface area (Å²) in [6.07, 6.45) is 3.30. The minimum Gasteiger partial charge on any atom is -0.444 e. The molecule has 4 heterocycles. The SMILES string of the molecule is Cc1cccc2ccn(-c3cc(N)nc(N)c3)c12.Cc1cccc2ccn(-c3cc(N)nc(NC(=O)C(C)NC(=O)OC(C)(C)C)c3)c12. The van der Waals surface area contributed by atoms with Crippen LogP contribution in [0.4, 0.5) is 28.1 Å². The molecule has 4 aromatic heterocycles. The van der Waals surface area contributed by atoms with Crippen LogP contribution in [0.25, 0.3) is 33.2 Å². The zero-order valence-corrected chi connectivity index (χ0v) is 27.9. The fraction of sp³-hybridized carbons (Fsp3) is 0.222. The van der Waals surface area contributed by atoms with Crippen LogP contribution >= 0.6 is 0 Å². The van der Waals surface area contributed by atoms with Crippen molar-refractivity contribution in [2.24, 2.45) is 0 Å². The van der Waals surface area contributed by atoms with Gasteiger partial charge < -0.3 is 41.7 Å². The van der Waals surface area contributed by atoms with Gasteiger partial charge in [0, 0.05) is 47.4 Å². The number of carbonyl (C=O) groups is 2. The average molecular weight is 648 g/mol. The van der Waals surface area contributed by atoms with E-state index in [2.05, 4.69) is 56.4 Å². The maximum absolute atomic E-state index is 12.5. The van der Waals surface area contributed by atoms with E-state index in [9.17, 15) is 9.59 Å². The Labute approximate surface area is 278 Å². The monoisotopic (exact) mass is 647 g/mol. The van der Waals surface area contributed by atoms with Crippen LogP contribution in [0.5, 0.6) is 0 Å². The van der Waals surface area contributed by atoms with E-state index in [0.717, 1.165) is 27.8 Å². The van der Waals surface area contributed by atoms with Crippen molar-refractivity contribution in [3.8, 4) is 11.4 Å². The maximum atomic E-state index is 12.5. The minimum absolute atomic E-state index is 0.269. The van der Waals surface area contributed by atoms with Gasteiger partial charge in [-0.2, -0.15) is 0 Å². The lowest BCUT2D eigenvalue weighted by molar-refractivity contribution is -0.117. The highest BCUT2D eigenvalue weighted by molar-refractivity contribution is 5.96. The second-order valence-electron chi connectivity index (χ2n) is 12.6. The Morgan fingerprint density at radius 1 is 0.750 bits per heavy atom. The first-order valence-corrected chi connectivity index (χ1v) is 15.4. The van der Waals surface area contributed by atoms with E-state index >= 15 is 0 Å². The summed E-state index contributed by atoms with van der Waals surface area (Å²) in [4.78, 5) is 32.6. The second-order valence-corrected chi connectivity index (χ2v) is 12.6. The summed E-state index contributed by atoms with van der Waals surface area (Å²) < 4.78 is 9.26. The molecule has 0 aliphatic carbocycles. The average Bonchev–Trinajstić information content (AvgIpc) is 3.62. The number of anilines is 4. The smallest absolute Gasteiger partial charge is 0.408 e. The number of hydrogen-bond acceptors (Lipinski definition) is 8. The van der Waals surface area contributed by atoms with Gasteiger partial charge >= 0.3 is 6.09 Å². The first kappa shape index (κ1) is 33.3. The van der Waals surface area contributed by atoms with E-state index < -0.39 is 23.6 Å². The zero-order valence-electron chi connectivity index (χ0n) is 27.9. The van der Waals surface area contributed by atoms with Gasteiger partial charge in [-0.1, -0.05) is 36.4 Å². The number of benzene rings is 2. The molecule has 48 heavy (non-hydrogen) atoms. The van der Waals surface area contributed by atoms with E-state index in [0.29, 0.717) is 17.5 Å². The van der Waals surface area contributed by atoms with Crippen molar-refractivity contribution >= 4 is 57.1 Å². The topological polar surface area (TPSA) is 181 Å². The summed E-state index contributed by atoms with van der Waals surface area (Å²) in [7, 11) is 0. The Balaban J connectivity index is 0.000000212. The molecule has 0 aliphatic heterocycles. The zero-order chi connectivity index (χ0) is 34.7. The molecule has 1 unspecified atom stereocenters. The third kappa shape index (κ3) is 7.66. The molecule has 0 saturated heterocycles. The van der Waals surface area contributed by atoms with Crippen molar-refractivity contribution in [3.05, 3.63) is 96.3 Å². The summed E-state index contributed by atoms with van der Waals surface area (Å²) in [6.45, 7) is 10.9. The molecule has 0 saturated carbocycles. The molecule has 0 bridgehead atoms. The molecule has 1 atom stereocenters. The van der Waals surface area contributed by atoms with Crippen molar-refractivity contribution in [1.29, 1.82) is 0 Å². The number of nitrogens with zero attached hydrogens (tertiary/aromatic N) is 4. The summed E-state index contributed by atoms with van der Waals surface area (Å²) in [5, 5.41) is 7.51. The highest BCUT2D eigenvalue weighted by Gasteiger charge is 2.21. The van der Waals surface area contributed by atoms with E-state index in [1.165, 1.54) is 16.5 Å². The number of amides is 2. The summed E-state index contributed by atoms with van der Waals surface area (Å²) in [5.74, 6) is 0.994. The minimum atomic E-state index is -0.818. The third-order valence-corrected chi connectivity index (χ3v) is 7.44. The standard InChI is InChI=1S/C22H27N5O3.C14H14N4/c1-13-7-6-8-15-9-10-27(19(13)15)16-11-17(23)25-18(12-16)26-20(28)14(2)24-21(29)30-22(3,4)5;1-9-3-2-4-10-5-6-18(14(9)10)11-7-12(15)17-13(16)8-11/h6-12,14H,1-5H3,(H,24,29)(H3,23,25,26,28);2-8H,1H3,(H4,15,16,17). The lowest BCUT2D eigenvalue weighted by atomic mass is 10.1. The predicted molar refractivity (Wildman–Crippen MR) is 192 cm³/mol. The Kier molecular flexibility index (Phi) is 9.28. The van der Waals surface area contributed by atoms with E-state index in [1.807, 2.05) is 60.3 Å². The molecule has 0 spiro atoms. The summed E-state index contributed by atoms with van der Waals surface area (Å²) >= 11 is 0. The molecular formula is C36H41N9O3. The Morgan fingerprint density at radius 3 is 1.73 bits per heavy atom. The molecule has 2 amide bonds. The van der Waals surface area contributed by atoms with Crippen molar-refractivity contribution in [2.45, 2.75) is 53.2 Å². The molecule has 0 fully saturated rings. The predicted octanol–water partition coefficient (Wildman–Crippen LogP) is 6.27. The van der Waals surface area contributed by atoms with Crippen LogP contribution < -0.4 is 27.8 Å². The van der Waals surface area contributed by atoms with Crippen LogP contribution in [-0.4, -0.2) is 42.7 Å². The van der Waals surface area contributed by atoms with Gasteiger partial charge in [0.25, 0.3) is 0 Å². The molecule has 2 aromatic carbocycles. The molecule has 12 nitrogen and oxygen atoms in total. The number of hydrogen-bond donors (Lipinski definition) is 5. The van der Waals surface area contributed by atoms with Crippen molar-refractivity contribution in [2.75, 3.05) is 22.5 Å². The highest BCUT2D eigenvalue weighted by Crippen LogP contribution is 2.27. The fourth-order valence-electron chi connectivity index (χ4n) is 5.40. The molecule has 8 N–H and O–H groups in total. The molecule has 6 rings (SSSR count). The van der Waals surface area contributed by atoms with Gasteiger partial charge in [-0.05, 0) is 64.8 Å². The van der Waals surface area contributed by atoms with E-state index in [4.69, 9.17) is 21.9 Å². The lowest BCUT2D eigenvalue weighted by Gasteiger charge is -2.21. The van der Waals surface area contributed by atoms with Crippen LogP contribution in [0.1, 0.15) is 38.8 Å². The van der Waals surface area contributed by atoms with Crippen LogP contribution in [0.3, 0.4) is 0 Å². The normalized spacial score (nSPS) is 11.9. The number of para-hydroxylation sites is 2. The van der Waals surface area contributed by atoms with Crippen LogP contribution in [0.15, 0.2) is 85.2 Å². The summed E-state index contributed by atoms with van der Waals surface area (Å²) in [6, 6.07) is 22.7. The van der Waals surface area contributed by atoms with Gasteiger partial charge in [0.05, 0.1) is 22.4 Å². The molecule has 12 heteroatoms. The Bertz CT molecular complexity index is 2110. The van der Waals surface area contributed by atoms with Gasteiger partial charge in [0.1, 0.15) is 34.9 Å². The van der Waals surface area contributed by atoms with Crippen LogP contribution in [-0.2, 0) is 9.53 Å². The van der Waals surface area contributed by atoms with E-state index in [1.54, 1.807) is 39.8 Å². The number of nitrogens with two attached hydrogens (primary N) is 3. The maximum Gasteiger partial charge on any atom is 0.408 e. The van der Waals surface area contributed by atoms with Crippen molar-refractivity contribution in [1.82, 2.24) is 24.4 Å². The third-order valence-electron chi connectivity index (χ3n) is 7.44. The summed E-state index contributed by atoms with van der Waals surface area (Å²) in [5.41, 5.74) is 23.1.